The van der Waals surface area contributed by atoms with Crippen molar-refractivity contribution in [2.75, 3.05) is 13.1 Å². The Labute approximate surface area is 84.8 Å². The van der Waals surface area contributed by atoms with Gasteiger partial charge in [0, 0.05) is 6.54 Å². The molecule has 0 aromatic heterocycles. The number of carbonyl (C=O) groups is 1. The average molecular weight is 206 g/mol. The summed E-state index contributed by atoms with van der Waals surface area (Å²) in [6.07, 6.45) is 4.69. The summed E-state index contributed by atoms with van der Waals surface area (Å²) in [6, 6.07) is -0.281. The van der Waals surface area contributed by atoms with Crippen LogP contribution in [-0.4, -0.2) is 35.1 Å². The summed E-state index contributed by atoms with van der Waals surface area (Å²) < 4.78 is 0. The van der Waals surface area contributed by atoms with Crippen LogP contribution in [0.15, 0.2) is 12.7 Å². The fraction of sp³-hybridized carbons (Fsp3) is 0.667. The van der Waals surface area contributed by atoms with Crippen LogP contribution in [0.5, 0.6) is 0 Å². The van der Waals surface area contributed by atoms with Crippen LogP contribution >= 0.6 is 12.4 Å². The van der Waals surface area contributed by atoms with E-state index in [2.05, 4.69) is 6.58 Å². The van der Waals surface area contributed by atoms with Gasteiger partial charge in [-0.2, -0.15) is 0 Å². The fourth-order valence-electron chi connectivity index (χ4n) is 1.66. The molecule has 0 aromatic carbocycles. The van der Waals surface area contributed by atoms with E-state index in [1.165, 1.54) is 0 Å². The van der Waals surface area contributed by atoms with Crippen LogP contribution < -0.4 is 0 Å². The van der Waals surface area contributed by atoms with Gasteiger partial charge in [-0.25, -0.2) is 0 Å². The number of piperidine rings is 1. The summed E-state index contributed by atoms with van der Waals surface area (Å²) in [4.78, 5) is 12.7. The van der Waals surface area contributed by atoms with Crippen LogP contribution in [0.4, 0.5) is 0 Å². The maximum atomic E-state index is 10.8. The number of hydrogen-bond donors (Lipinski definition) is 1. The van der Waals surface area contributed by atoms with Gasteiger partial charge in [-0.15, -0.1) is 19.0 Å². The quantitative estimate of drug-likeness (QED) is 0.711. The Balaban J connectivity index is 0.00000144. The van der Waals surface area contributed by atoms with E-state index in [4.69, 9.17) is 5.11 Å². The lowest BCUT2D eigenvalue weighted by Gasteiger charge is -2.31. The number of aliphatic carboxylic acids is 1. The number of carboxylic acid groups (broad SMARTS) is 1. The molecule has 0 spiro atoms. The normalized spacial score (nSPS) is 23.2. The molecule has 1 saturated heterocycles. The largest absolute Gasteiger partial charge is 0.480 e. The zero-order chi connectivity index (χ0) is 8.97. The van der Waals surface area contributed by atoms with Gasteiger partial charge in [0.1, 0.15) is 6.04 Å². The predicted octanol–water partition coefficient (Wildman–Crippen LogP) is 1.53. The van der Waals surface area contributed by atoms with Crippen molar-refractivity contribution in [3.8, 4) is 0 Å². The lowest BCUT2D eigenvalue weighted by molar-refractivity contribution is -0.144. The van der Waals surface area contributed by atoms with Crippen molar-refractivity contribution in [1.82, 2.24) is 4.90 Å². The van der Waals surface area contributed by atoms with Gasteiger partial charge in [0.15, 0.2) is 0 Å². The highest BCUT2D eigenvalue weighted by atomic mass is 35.5. The summed E-state index contributed by atoms with van der Waals surface area (Å²) in [7, 11) is 0. The molecule has 0 amide bonds. The summed E-state index contributed by atoms with van der Waals surface area (Å²) in [5.74, 6) is -0.698. The van der Waals surface area contributed by atoms with Gasteiger partial charge < -0.3 is 5.11 Å². The predicted molar refractivity (Wildman–Crippen MR) is 54.3 cm³/mol. The zero-order valence-electron chi connectivity index (χ0n) is 7.61. The minimum absolute atomic E-state index is 0. The Kier molecular flexibility index (Phi) is 5.75. The Hall–Kier alpha value is -0.540. The first kappa shape index (κ1) is 12.5. The molecule has 1 heterocycles. The highest BCUT2D eigenvalue weighted by Crippen LogP contribution is 2.16. The van der Waals surface area contributed by atoms with Crippen LogP contribution in [0.2, 0.25) is 0 Å². The monoisotopic (exact) mass is 205 g/mol. The van der Waals surface area contributed by atoms with Crippen LogP contribution in [0.25, 0.3) is 0 Å². The Morgan fingerprint density at radius 3 is 2.85 bits per heavy atom. The van der Waals surface area contributed by atoms with Gasteiger partial charge in [0.05, 0.1) is 0 Å². The van der Waals surface area contributed by atoms with Crippen molar-refractivity contribution in [3.05, 3.63) is 12.7 Å². The number of rotatable bonds is 3. The molecule has 1 rings (SSSR count). The number of halogens is 1. The second kappa shape index (κ2) is 6.00. The first-order valence-corrected chi connectivity index (χ1v) is 4.33. The molecule has 1 unspecified atom stereocenters. The van der Waals surface area contributed by atoms with Crippen molar-refractivity contribution in [1.29, 1.82) is 0 Å². The van der Waals surface area contributed by atoms with Gasteiger partial charge in [-0.3, -0.25) is 9.69 Å². The third-order valence-electron chi connectivity index (χ3n) is 2.26. The first-order chi connectivity index (χ1) is 5.75. The van der Waals surface area contributed by atoms with E-state index >= 15 is 0 Å². The smallest absolute Gasteiger partial charge is 0.320 e. The molecule has 4 heteroatoms. The Morgan fingerprint density at radius 2 is 2.31 bits per heavy atom. The topological polar surface area (TPSA) is 40.5 Å². The van der Waals surface area contributed by atoms with Crippen LogP contribution in [0.1, 0.15) is 19.3 Å². The average Bonchev–Trinajstić information content (AvgIpc) is 2.05. The SMILES string of the molecule is C=CCN1CCCCC1C(=O)O.Cl. The maximum absolute atomic E-state index is 10.8. The van der Waals surface area contributed by atoms with Crippen LogP contribution in [0, 0.1) is 0 Å². The molecule has 0 saturated carbocycles. The van der Waals surface area contributed by atoms with E-state index < -0.39 is 5.97 Å². The Morgan fingerprint density at radius 1 is 1.62 bits per heavy atom. The highest BCUT2D eigenvalue weighted by molar-refractivity contribution is 5.85. The number of likely N-dealkylation sites (tertiary alicyclic amines) is 1. The van der Waals surface area contributed by atoms with Gasteiger partial charge >= 0.3 is 5.97 Å². The molecule has 1 atom stereocenters. The van der Waals surface area contributed by atoms with E-state index in [1.54, 1.807) is 6.08 Å². The second-order valence-corrected chi connectivity index (χ2v) is 3.13. The molecular formula is C9H16ClNO2. The number of hydrogen-bond acceptors (Lipinski definition) is 2. The lowest BCUT2D eigenvalue weighted by atomic mass is 10.0. The summed E-state index contributed by atoms with van der Waals surface area (Å²) in [5, 5.41) is 8.86. The molecule has 1 N–H and O–H groups in total. The standard InChI is InChI=1S/C9H15NO2.ClH/c1-2-6-10-7-4-3-5-8(10)9(11)12;/h2,8H,1,3-7H2,(H,11,12);1H. The molecule has 0 bridgehead atoms. The second-order valence-electron chi connectivity index (χ2n) is 3.13. The molecule has 1 fully saturated rings. The van der Waals surface area contributed by atoms with Crippen LogP contribution in [0.3, 0.4) is 0 Å². The maximum Gasteiger partial charge on any atom is 0.320 e. The summed E-state index contributed by atoms with van der Waals surface area (Å²) in [5.41, 5.74) is 0. The molecule has 13 heavy (non-hydrogen) atoms. The van der Waals surface area contributed by atoms with Gasteiger partial charge in [0.2, 0.25) is 0 Å². The van der Waals surface area contributed by atoms with E-state index in [-0.39, 0.29) is 18.4 Å². The van der Waals surface area contributed by atoms with E-state index in [0.29, 0.717) is 6.54 Å². The van der Waals surface area contributed by atoms with Crippen molar-refractivity contribution < 1.29 is 9.90 Å². The first-order valence-electron chi connectivity index (χ1n) is 4.33. The van der Waals surface area contributed by atoms with Gasteiger partial charge in [-0.05, 0) is 19.4 Å². The van der Waals surface area contributed by atoms with Gasteiger partial charge in [0.25, 0.3) is 0 Å². The molecule has 76 valence electrons. The third-order valence-corrected chi connectivity index (χ3v) is 2.26. The molecule has 0 radical (unpaired) electrons. The van der Waals surface area contributed by atoms with Crippen molar-refractivity contribution in [2.24, 2.45) is 0 Å². The van der Waals surface area contributed by atoms with Crippen LogP contribution in [-0.2, 0) is 4.79 Å². The Bertz CT molecular complexity index is 184. The van der Waals surface area contributed by atoms with E-state index in [9.17, 15) is 4.79 Å². The fourth-order valence-corrected chi connectivity index (χ4v) is 1.66. The van der Waals surface area contributed by atoms with E-state index in [0.717, 1.165) is 25.8 Å². The summed E-state index contributed by atoms with van der Waals surface area (Å²) >= 11 is 0. The number of carboxylic acids is 1. The minimum Gasteiger partial charge on any atom is -0.480 e. The van der Waals surface area contributed by atoms with Crippen molar-refractivity contribution in [2.45, 2.75) is 25.3 Å². The zero-order valence-corrected chi connectivity index (χ0v) is 8.42. The molecular weight excluding hydrogens is 190 g/mol. The van der Waals surface area contributed by atoms with Crippen molar-refractivity contribution >= 4 is 18.4 Å². The summed E-state index contributed by atoms with van der Waals surface area (Å²) in [6.45, 7) is 5.20. The van der Waals surface area contributed by atoms with Gasteiger partial charge in [-0.1, -0.05) is 12.5 Å². The molecule has 1 aliphatic heterocycles. The van der Waals surface area contributed by atoms with Crippen molar-refractivity contribution in [3.63, 3.8) is 0 Å². The molecule has 0 aromatic rings. The third kappa shape index (κ3) is 3.36. The molecule has 1 aliphatic rings. The minimum atomic E-state index is -0.698. The molecule has 3 nitrogen and oxygen atoms in total. The lowest BCUT2D eigenvalue weighted by Crippen LogP contribution is -2.44. The van der Waals surface area contributed by atoms with E-state index in [1.807, 2.05) is 4.90 Å². The highest BCUT2D eigenvalue weighted by Gasteiger charge is 2.26. The molecule has 0 aliphatic carbocycles. The number of nitrogens with zero attached hydrogens (tertiary/aromatic N) is 1.